The highest BCUT2D eigenvalue weighted by Crippen LogP contribution is 2.33. The highest BCUT2D eigenvalue weighted by molar-refractivity contribution is 6.02. The highest BCUT2D eigenvalue weighted by atomic mass is 16.6. The number of nitrogens with one attached hydrogen (secondary N) is 1. The van der Waals surface area contributed by atoms with Crippen LogP contribution >= 0.6 is 0 Å². The second kappa shape index (κ2) is 11.4. The van der Waals surface area contributed by atoms with Crippen LogP contribution in [-0.4, -0.2) is 100 Å². The molecule has 5 rings (SSSR count). The second-order valence-corrected chi connectivity index (χ2v) is 12.4. The number of fused-ring (bicyclic) bond motifs is 1. The number of nitrogens with zero attached hydrogens (tertiary/aromatic N) is 5. The first-order valence-corrected chi connectivity index (χ1v) is 14.4. The lowest BCUT2D eigenvalue weighted by atomic mass is 9.92. The fraction of sp³-hybridized carbons (Fsp3) is 0.655. The molecule has 40 heavy (non-hydrogen) atoms. The van der Waals surface area contributed by atoms with Crippen molar-refractivity contribution in [3.63, 3.8) is 0 Å². The molecule has 2 N–H and O–H groups in total. The van der Waals surface area contributed by atoms with Gasteiger partial charge in [-0.1, -0.05) is 0 Å². The number of anilines is 1. The van der Waals surface area contributed by atoms with Gasteiger partial charge < -0.3 is 19.6 Å². The van der Waals surface area contributed by atoms with E-state index in [4.69, 9.17) is 4.74 Å². The third kappa shape index (κ3) is 6.10. The minimum atomic E-state index is -0.534. The van der Waals surface area contributed by atoms with Crippen LogP contribution in [0.4, 0.5) is 10.5 Å². The molecular formula is C29H42N6O5. The lowest BCUT2D eigenvalue weighted by Crippen LogP contribution is -2.58. The quantitative estimate of drug-likeness (QED) is 0.540. The van der Waals surface area contributed by atoms with Gasteiger partial charge >= 0.3 is 6.09 Å². The molecule has 218 valence electrons. The SMILES string of the molecule is Cn1nc(C2CCC(=O)NC2=O)c2ccc(N3CCC(CN4CCN(C(=O)OC(C)(C)C)C[C@@H]4CO)CC3)cc21. The van der Waals surface area contributed by atoms with Gasteiger partial charge in [0.1, 0.15) is 5.60 Å². The number of piperidine rings is 2. The molecule has 3 aliphatic rings. The van der Waals surface area contributed by atoms with Crippen molar-refractivity contribution in [2.24, 2.45) is 13.0 Å². The number of ether oxygens (including phenoxy) is 1. The van der Waals surface area contributed by atoms with Gasteiger partial charge in [-0.3, -0.25) is 24.5 Å². The topological polar surface area (TPSA) is 120 Å². The molecule has 11 nitrogen and oxygen atoms in total. The Balaban J connectivity index is 1.18. The Morgan fingerprint density at radius 2 is 1.88 bits per heavy atom. The van der Waals surface area contributed by atoms with Crippen LogP contribution in [0.25, 0.3) is 10.9 Å². The number of hydrogen-bond donors (Lipinski definition) is 2. The summed E-state index contributed by atoms with van der Waals surface area (Å²) < 4.78 is 7.36. The molecule has 3 fully saturated rings. The zero-order valence-electron chi connectivity index (χ0n) is 24.1. The molecule has 3 saturated heterocycles. The van der Waals surface area contributed by atoms with Gasteiger partial charge in [0.15, 0.2) is 0 Å². The molecule has 0 saturated carbocycles. The summed E-state index contributed by atoms with van der Waals surface area (Å²) in [7, 11) is 1.90. The van der Waals surface area contributed by atoms with E-state index in [1.54, 1.807) is 4.90 Å². The summed E-state index contributed by atoms with van der Waals surface area (Å²) >= 11 is 0. The molecule has 0 bridgehead atoms. The van der Waals surface area contributed by atoms with Crippen LogP contribution in [-0.2, 0) is 21.4 Å². The lowest BCUT2D eigenvalue weighted by Gasteiger charge is -2.43. The Morgan fingerprint density at radius 1 is 1.12 bits per heavy atom. The third-order valence-corrected chi connectivity index (χ3v) is 8.37. The van der Waals surface area contributed by atoms with Crippen molar-refractivity contribution in [2.75, 3.05) is 50.8 Å². The number of benzene rings is 1. The standard InChI is InChI=1S/C29H42N6O5/c1-29(2,3)40-28(39)35-14-13-34(21(17-35)18-36)16-19-9-11-33(12-10-19)20-5-6-22-24(15-20)32(4)31-26(22)23-7-8-25(37)30-27(23)38/h5-6,15,19,21,23,36H,7-14,16-18H2,1-4H3,(H,30,37,38)/t21-,23?/m1/s1. The first-order valence-electron chi connectivity index (χ1n) is 14.4. The molecule has 4 heterocycles. The van der Waals surface area contributed by atoms with Crippen molar-refractivity contribution >= 4 is 34.5 Å². The number of imide groups is 1. The predicted octanol–water partition coefficient (Wildman–Crippen LogP) is 2.22. The van der Waals surface area contributed by atoms with Crippen molar-refractivity contribution in [2.45, 2.75) is 64.0 Å². The number of amides is 3. The maximum atomic E-state index is 12.5. The lowest BCUT2D eigenvalue weighted by molar-refractivity contribution is -0.134. The Morgan fingerprint density at radius 3 is 2.55 bits per heavy atom. The molecule has 3 amide bonds. The zero-order chi connectivity index (χ0) is 28.6. The molecule has 3 aliphatic heterocycles. The summed E-state index contributed by atoms with van der Waals surface area (Å²) in [5.41, 5.74) is 2.32. The second-order valence-electron chi connectivity index (χ2n) is 12.4. The highest BCUT2D eigenvalue weighted by Gasteiger charge is 2.34. The Kier molecular flexibility index (Phi) is 8.05. The third-order valence-electron chi connectivity index (χ3n) is 8.37. The van der Waals surface area contributed by atoms with Gasteiger partial charge in [0, 0.05) is 63.8 Å². The van der Waals surface area contributed by atoms with Gasteiger partial charge in [-0.15, -0.1) is 0 Å². The van der Waals surface area contributed by atoms with Crippen LogP contribution in [0.3, 0.4) is 0 Å². The van der Waals surface area contributed by atoms with Crippen LogP contribution in [0.1, 0.15) is 58.1 Å². The molecule has 1 unspecified atom stereocenters. The summed E-state index contributed by atoms with van der Waals surface area (Å²) in [6, 6.07) is 6.23. The van der Waals surface area contributed by atoms with Crippen molar-refractivity contribution in [1.29, 1.82) is 0 Å². The van der Waals surface area contributed by atoms with E-state index in [0.29, 0.717) is 31.8 Å². The van der Waals surface area contributed by atoms with Crippen molar-refractivity contribution < 1.29 is 24.2 Å². The Labute approximate surface area is 235 Å². The summed E-state index contributed by atoms with van der Waals surface area (Å²) in [6.07, 6.45) is 2.61. The van der Waals surface area contributed by atoms with E-state index >= 15 is 0 Å². The first-order chi connectivity index (χ1) is 19.0. The smallest absolute Gasteiger partial charge is 0.410 e. The molecule has 0 aliphatic carbocycles. The van der Waals surface area contributed by atoms with Gasteiger partial charge in [0.2, 0.25) is 11.8 Å². The molecule has 2 aromatic rings. The van der Waals surface area contributed by atoms with E-state index < -0.39 is 11.5 Å². The van der Waals surface area contributed by atoms with Crippen molar-refractivity contribution in [3.05, 3.63) is 23.9 Å². The molecule has 0 radical (unpaired) electrons. The van der Waals surface area contributed by atoms with Gasteiger partial charge in [0.05, 0.1) is 29.8 Å². The summed E-state index contributed by atoms with van der Waals surface area (Å²) in [5.74, 6) is -0.367. The number of aromatic nitrogens is 2. The Hall–Kier alpha value is -3.18. The first kappa shape index (κ1) is 28.4. The van der Waals surface area contributed by atoms with E-state index in [1.165, 1.54) is 0 Å². The minimum Gasteiger partial charge on any atom is -0.444 e. The normalized spacial score (nSPS) is 23.5. The van der Waals surface area contributed by atoms with Gasteiger partial charge in [0.25, 0.3) is 0 Å². The fourth-order valence-electron chi connectivity index (χ4n) is 6.19. The maximum Gasteiger partial charge on any atom is 0.410 e. The maximum absolute atomic E-state index is 12.5. The zero-order valence-corrected chi connectivity index (χ0v) is 24.1. The van der Waals surface area contributed by atoms with E-state index in [1.807, 2.05) is 32.5 Å². The van der Waals surface area contributed by atoms with Gasteiger partial charge in [-0.05, 0) is 64.2 Å². The summed E-state index contributed by atoms with van der Waals surface area (Å²) in [4.78, 5) is 43.0. The molecule has 0 spiro atoms. The predicted molar refractivity (Wildman–Crippen MR) is 151 cm³/mol. The number of aryl methyl sites for hydroxylation is 1. The largest absolute Gasteiger partial charge is 0.444 e. The molecule has 11 heteroatoms. The number of aliphatic hydroxyl groups is 1. The number of carbonyl (C=O) groups excluding carboxylic acids is 3. The monoisotopic (exact) mass is 554 g/mol. The minimum absolute atomic E-state index is 0.0175. The average Bonchev–Trinajstić information content (AvgIpc) is 3.23. The fourth-order valence-corrected chi connectivity index (χ4v) is 6.19. The molecule has 1 aromatic heterocycles. The van der Waals surface area contributed by atoms with Crippen LogP contribution < -0.4 is 10.2 Å². The number of piperazine rings is 1. The van der Waals surface area contributed by atoms with E-state index in [0.717, 1.165) is 61.3 Å². The van der Waals surface area contributed by atoms with Crippen LogP contribution in [0, 0.1) is 5.92 Å². The average molecular weight is 555 g/mol. The number of aliphatic hydroxyl groups excluding tert-OH is 1. The molecule has 2 atom stereocenters. The van der Waals surface area contributed by atoms with Crippen molar-refractivity contribution in [3.8, 4) is 0 Å². The molecular weight excluding hydrogens is 512 g/mol. The summed E-state index contributed by atoms with van der Waals surface area (Å²) in [6.45, 7) is 10.2. The van der Waals surface area contributed by atoms with Crippen LogP contribution in [0.5, 0.6) is 0 Å². The Bertz CT molecular complexity index is 1260. The molecule has 1 aromatic carbocycles. The number of hydrogen-bond acceptors (Lipinski definition) is 8. The van der Waals surface area contributed by atoms with E-state index in [-0.39, 0.29) is 30.6 Å². The van der Waals surface area contributed by atoms with Gasteiger partial charge in [-0.2, -0.15) is 5.10 Å². The van der Waals surface area contributed by atoms with Crippen LogP contribution in [0.2, 0.25) is 0 Å². The summed E-state index contributed by atoms with van der Waals surface area (Å²) in [5, 5.41) is 18.1. The van der Waals surface area contributed by atoms with Crippen LogP contribution in [0.15, 0.2) is 18.2 Å². The van der Waals surface area contributed by atoms with E-state index in [9.17, 15) is 19.5 Å². The van der Waals surface area contributed by atoms with Gasteiger partial charge in [-0.25, -0.2) is 4.79 Å². The van der Waals surface area contributed by atoms with Crippen molar-refractivity contribution in [1.82, 2.24) is 24.9 Å². The number of rotatable bonds is 5. The van der Waals surface area contributed by atoms with E-state index in [2.05, 4.69) is 38.4 Å². The number of carbonyl (C=O) groups is 3.